The number of benzene rings is 2. The fourth-order valence-corrected chi connectivity index (χ4v) is 4.36. The summed E-state index contributed by atoms with van der Waals surface area (Å²) in [5.41, 5.74) is 3.02. The summed E-state index contributed by atoms with van der Waals surface area (Å²) >= 11 is 3.43. The maximum Gasteiger partial charge on any atom is 0.240 e. The molecule has 0 atom stereocenters. The molecule has 0 fully saturated rings. The van der Waals surface area contributed by atoms with Crippen molar-refractivity contribution in [3.8, 4) is 0 Å². The van der Waals surface area contributed by atoms with E-state index in [0.717, 1.165) is 35.0 Å². The highest BCUT2D eigenvalue weighted by molar-refractivity contribution is 9.10. The SMILES string of the molecule is CNS(=O)(=O)c1ccc2c(c1)CCN2C(=O)CCCCc1ccc(Br)cc1. The van der Waals surface area contributed by atoms with E-state index in [4.69, 9.17) is 0 Å². The summed E-state index contributed by atoms with van der Waals surface area (Å²) in [5.74, 6) is 0.105. The Kier molecular flexibility index (Phi) is 6.34. The van der Waals surface area contributed by atoms with Gasteiger partial charge in [0, 0.05) is 23.1 Å². The molecule has 0 unspecified atom stereocenters. The van der Waals surface area contributed by atoms with Gasteiger partial charge in [0.15, 0.2) is 0 Å². The van der Waals surface area contributed by atoms with Crippen molar-refractivity contribution in [2.45, 2.75) is 37.0 Å². The highest BCUT2D eigenvalue weighted by Crippen LogP contribution is 2.31. The molecule has 0 saturated heterocycles. The van der Waals surface area contributed by atoms with Gasteiger partial charge in [-0.15, -0.1) is 0 Å². The molecule has 144 valence electrons. The van der Waals surface area contributed by atoms with Gasteiger partial charge in [-0.25, -0.2) is 13.1 Å². The van der Waals surface area contributed by atoms with Gasteiger partial charge in [0.25, 0.3) is 0 Å². The van der Waals surface area contributed by atoms with Crippen molar-refractivity contribution in [3.63, 3.8) is 0 Å². The summed E-state index contributed by atoms with van der Waals surface area (Å²) < 4.78 is 27.3. The second-order valence-electron chi connectivity index (χ2n) is 6.63. The number of aryl methyl sites for hydroxylation is 1. The van der Waals surface area contributed by atoms with Gasteiger partial charge in [-0.2, -0.15) is 0 Å². The number of nitrogens with zero attached hydrogens (tertiary/aromatic N) is 1. The van der Waals surface area contributed by atoms with Crippen LogP contribution in [-0.2, 0) is 27.7 Å². The summed E-state index contributed by atoms with van der Waals surface area (Å²) in [6, 6.07) is 13.2. The molecule has 0 aromatic heterocycles. The van der Waals surface area contributed by atoms with Crippen LogP contribution in [0.2, 0.25) is 0 Å². The molecule has 1 aliphatic rings. The first-order valence-electron chi connectivity index (χ1n) is 9.02. The first kappa shape index (κ1) is 20.0. The number of rotatable bonds is 7. The Morgan fingerprint density at radius 1 is 1.15 bits per heavy atom. The first-order valence-corrected chi connectivity index (χ1v) is 11.3. The van der Waals surface area contributed by atoms with Crippen LogP contribution < -0.4 is 9.62 Å². The Morgan fingerprint density at radius 2 is 1.89 bits per heavy atom. The Labute approximate surface area is 169 Å². The maximum atomic E-state index is 12.6. The van der Waals surface area contributed by atoms with Gasteiger partial charge < -0.3 is 4.90 Å². The second kappa shape index (κ2) is 8.54. The topological polar surface area (TPSA) is 66.5 Å². The number of amides is 1. The fourth-order valence-electron chi connectivity index (χ4n) is 3.31. The van der Waals surface area contributed by atoms with Gasteiger partial charge in [0.2, 0.25) is 15.9 Å². The van der Waals surface area contributed by atoms with Gasteiger partial charge in [-0.3, -0.25) is 4.79 Å². The molecule has 5 nitrogen and oxygen atoms in total. The fraction of sp³-hybridized carbons (Fsp3) is 0.350. The van der Waals surface area contributed by atoms with Crippen LogP contribution in [0.15, 0.2) is 51.8 Å². The van der Waals surface area contributed by atoms with Crippen molar-refractivity contribution in [2.24, 2.45) is 0 Å². The van der Waals surface area contributed by atoms with E-state index in [0.29, 0.717) is 19.4 Å². The molecular formula is C20H23BrN2O3S. The molecule has 0 radical (unpaired) electrons. The highest BCUT2D eigenvalue weighted by Gasteiger charge is 2.25. The smallest absolute Gasteiger partial charge is 0.240 e. The van der Waals surface area contributed by atoms with Crippen molar-refractivity contribution < 1.29 is 13.2 Å². The molecule has 0 saturated carbocycles. The number of halogens is 1. The highest BCUT2D eigenvalue weighted by atomic mass is 79.9. The van der Waals surface area contributed by atoms with Crippen molar-refractivity contribution in [1.82, 2.24) is 4.72 Å². The molecular weight excluding hydrogens is 428 g/mol. The Balaban J connectivity index is 1.56. The van der Waals surface area contributed by atoms with Crippen LogP contribution in [0.3, 0.4) is 0 Å². The van der Waals surface area contributed by atoms with Gasteiger partial charge in [0.1, 0.15) is 0 Å². The summed E-state index contributed by atoms with van der Waals surface area (Å²) in [7, 11) is -2.07. The largest absolute Gasteiger partial charge is 0.312 e. The third-order valence-corrected chi connectivity index (χ3v) is 6.79. The van der Waals surface area contributed by atoms with E-state index in [9.17, 15) is 13.2 Å². The summed E-state index contributed by atoms with van der Waals surface area (Å²) in [6.07, 6.45) is 3.96. The molecule has 1 aliphatic heterocycles. The minimum atomic E-state index is -3.46. The second-order valence-corrected chi connectivity index (χ2v) is 9.43. The minimum absolute atomic E-state index is 0.105. The van der Waals surface area contributed by atoms with Crippen molar-refractivity contribution in [1.29, 1.82) is 0 Å². The minimum Gasteiger partial charge on any atom is -0.312 e. The Bertz CT molecular complexity index is 927. The lowest BCUT2D eigenvalue weighted by molar-refractivity contribution is -0.118. The van der Waals surface area contributed by atoms with Gasteiger partial charge >= 0.3 is 0 Å². The molecule has 3 rings (SSSR count). The number of hydrogen-bond acceptors (Lipinski definition) is 3. The molecule has 1 N–H and O–H groups in total. The van der Waals surface area contributed by atoms with Crippen LogP contribution in [0.5, 0.6) is 0 Å². The molecule has 2 aromatic carbocycles. The van der Waals surface area contributed by atoms with Crippen molar-refractivity contribution >= 4 is 37.5 Å². The monoisotopic (exact) mass is 450 g/mol. The molecule has 27 heavy (non-hydrogen) atoms. The predicted octanol–water partition coefficient (Wildman–Crippen LogP) is 3.66. The van der Waals surface area contributed by atoms with E-state index in [1.165, 1.54) is 12.6 Å². The lowest BCUT2D eigenvalue weighted by Gasteiger charge is -2.17. The first-order chi connectivity index (χ1) is 12.9. The average Bonchev–Trinajstić information content (AvgIpc) is 3.10. The Hall–Kier alpha value is -1.70. The van der Waals surface area contributed by atoms with E-state index < -0.39 is 10.0 Å². The summed E-state index contributed by atoms with van der Waals surface area (Å²) in [4.78, 5) is 14.6. The predicted molar refractivity (Wildman–Crippen MR) is 110 cm³/mol. The van der Waals surface area contributed by atoms with Crippen LogP contribution in [0.25, 0.3) is 0 Å². The van der Waals surface area contributed by atoms with Crippen LogP contribution in [0, 0.1) is 0 Å². The number of fused-ring (bicyclic) bond motifs is 1. The lowest BCUT2D eigenvalue weighted by Crippen LogP contribution is -2.28. The van der Waals surface area contributed by atoms with Crippen LogP contribution in [-0.4, -0.2) is 27.9 Å². The zero-order valence-electron chi connectivity index (χ0n) is 15.2. The van der Waals surface area contributed by atoms with Crippen LogP contribution >= 0.6 is 15.9 Å². The third-order valence-electron chi connectivity index (χ3n) is 4.85. The molecule has 7 heteroatoms. The standard InChI is InChI=1S/C20H23BrN2O3S/c1-22-27(25,26)18-10-11-19-16(14-18)12-13-23(19)20(24)5-3-2-4-15-6-8-17(21)9-7-15/h6-11,14,22H,2-5,12-13H2,1H3. The number of carbonyl (C=O) groups is 1. The maximum absolute atomic E-state index is 12.6. The normalized spacial score (nSPS) is 13.6. The average molecular weight is 451 g/mol. The lowest BCUT2D eigenvalue weighted by atomic mass is 10.1. The number of unbranched alkanes of at least 4 members (excludes halogenated alkanes) is 1. The van der Waals surface area contributed by atoms with E-state index in [-0.39, 0.29) is 10.8 Å². The number of hydrogen-bond donors (Lipinski definition) is 1. The molecule has 2 aromatic rings. The summed E-state index contributed by atoms with van der Waals surface area (Å²) in [6.45, 7) is 0.615. The number of carbonyl (C=O) groups excluding carboxylic acids is 1. The van der Waals surface area contributed by atoms with E-state index in [1.54, 1.807) is 23.1 Å². The van der Waals surface area contributed by atoms with Crippen molar-refractivity contribution in [2.75, 3.05) is 18.5 Å². The number of anilines is 1. The Morgan fingerprint density at radius 3 is 2.59 bits per heavy atom. The zero-order chi connectivity index (χ0) is 19.4. The van der Waals surface area contributed by atoms with Crippen LogP contribution in [0.1, 0.15) is 30.4 Å². The number of sulfonamides is 1. The van der Waals surface area contributed by atoms with Gasteiger partial charge in [-0.1, -0.05) is 28.1 Å². The zero-order valence-corrected chi connectivity index (χ0v) is 17.6. The molecule has 0 aliphatic carbocycles. The van der Waals surface area contributed by atoms with E-state index >= 15 is 0 Å². The molecule has 0 spiro atoms. The van der Waals surface area contributed by atoms with Crippen LogP contribution in [0.4, 0.5) is 5.69 Å². The van der Waals surface area contributed by atoms with E-state index in [1.807, 2.05) is 12.1 Å². The van der Waals surface area contributed by atoms with Gasteiger partial charge in [0.05, 0.1) is 4.90 Å². The summed E-state index contributed by atoms with van der Waals surface area (Å²) in [5, 5.41) is 0. The van der Waals surface area contributed by atoms with E-state index in [2.05, 4.69) is 32.8 Å². The quantitative estimate of drug-likeness (QED) is 0.654. The molecule has 0 bridgehead atoms. The number of nitrogens with one attached hydrogen (secondary N) is 1. The van der Waals surface area contributed by atoms with Crippen molar-refractivity contribution in [3.05, 3.63) is 58.1 Å². The third kappa shape index (κ3) is 4.78. The van der Waals surface area contributed by atoms with Gasteiger partial charge in [-0.05, 0) is 74.2 Å². The molecule has 1 heterocycles. The molecule has 1 amide bonds.